The average Bonchev–Trinajstić information content (AvgIpc) is 2.46. The van der Waals surface area contributed by atoms with Crippen molar-refractivity contribution in [2.75, 3.05) is 27.2 Å². The van der Waals surface area contributed by atoms with Crippen molar-refractivity contribution in [2.24, 2.45) is 5.92 Å². The Morgan fingerprint density at radius 3 is 2.65 bits per heavy atom. The van der Waals surface area contributed by atoms with E-state index in [1.807, 2.05) is 0 Å². The van der Waals surface area contributed by atoms with Gasteiger partial charge >= 0.3 is 0 Å². The Labute approximate surface area is 118 Å². The van der Waals surface area contributed by atoms with E-state index in [1.165, 1.54) is 6.07 Å². The lowest BCUT2D eigenvalue weighted by atomic mass is 9.96. The van der Waals surface area contributed by atoms with Crippen molar-refractivity contribution in [2.45, 2.75) is 12.8 Å². The van der Waals surface area contributed by atoms with Crippen molar-refractivity contribution in [3.63, 3.8) is 0 Å². The van der Waals surface area contributed by atoms with E-state index in [2.05, 4.69) is 0 Å². The summed E-state index contributed by atoms with van der Waals surface area (Å²) in [4.78, 5) is 27.6. The monoisotopic (exact) mass is 276 g/mol. The molecule has 1 unspecified atom stereocenters. The zero-order valence-corrected chi connectivity index (χ0v) is 11.9. The minimum Gasteiger partial charge on any atom is -0.507 e. The molecule has 20 heavy (non-hydrogen) atoms. The van der Waals surface area contributed by atoms with Crippen LogP contribution in [0, 0.1) is 5.92 Å². The van der Waals surface area contributed by atoms with E-state index >= 15 is 0 Å². The van der Waals surface area contributed by atoms with Crippen molar-refractivity contribution in [1.29, 1.82) is 0 Å². The number of hydrogen-bond acceptors (Lipinski definition) is 3. The van der Waals surface area contributed by atoms with Gasteiger partial charge in [-0.2, -0.15) is 0 Å². The first-order valence-corrected chi connectivity index (χ1v) is 6.79. The summed E-state index contributed by atoms with van der Waals surface area (Å²) in [6, 6.07) is 6.51. The third-order valence-electron chi connectivity index (χ3n) is 3.63. The van der Waals surface area contributed by atoms with Crippen LogP contribution in [0.4, 0.5) is 0 Å². The first-order valence-electron chi connectivity index (χ1n) is 6.79. The SMILES string of the molecule is CN(C)C(=O)C1CCCN(C(=O)c2ccccc2O)C1. The third-order valence-corrected chi connectivity index (χ3v) is 3.63. The van der Waals surface area contributed by atoms with Gasteiger partial charge in [0.15, 0.2) is 0 Å². The van der Waals surface area contributed by atoms with Gasteiger partial charge in [0.2, 0.25) is 5.91 Å². The predicted molar refractivity (Wildman–Crippen MR) is 75.4 cm³/mol. The zero-order valence-electron chi connectivity index (χ0n) is 11.9. The van der Waals surface area contributed by atoms with E-state index in [9.17, 15) is 14.7 Å². The van der Waals surface area contributed by atoms with Crippen molar-refractivity contribution in [3.05, 3.63) is 29.8 Å². The second-order valence-electron chi connectivity index (χ2n) is 5.34. The summed E-state index contributed by atoms with van der Waals surface area (Å²) in [6.07, 6.45) is 1.62. The molecule has 108 valence electrons. The highest BCUT2D eigenvalue weighted by Gasteiger charge is 2.30. The van der Waals surface area contributed by atoms with Gasteiger partial charge in [-0.1, -0.05) is 12.1 Å². The summed E-state index contributed by atoms with van der Waals surface area (Å²) in [6.45, 7) is 1.05. The van der Waals surface area contributed by atoms with Crippen LogP contribution in [-0.2, 0) is 4.79 Å². The number of phenols is 1. The van der Waals surface area contributed by atoms with E-state index in [1.54, 1.807) is 42.1 Å². The fourth-order valence-corrected chi connectivity index (χ4v) is 2.55. The van der Waals surface area contributed by atoms with Gasteiger partial charge in [0.1, 0.15) is 5.75 Å². The Balaban J connectivity index is 2.11. The second kappa shape index (κ2) is 5.94. The first kappa shape index (κ1) is 14.4. The Kier molecular flexibility index (Phi) is 4.27. The molecule has 0 aromatic heterocycles. The zero-order chi connectivity index (χ0) is 14.7. The van der Waals surface area contributed by atoms with Crippen LogP contribution in [0.15, 0.2) is 24.3 Å². The van der Waals surface area contributed by atoms with E-state index < -0.39 is 0 Å². The average molecular weight is 276 g/mol. The molecule has 1 atom stereocenters. The highest BCUT2D eigenvalue weighted by Crippen LogP contribution is 2.23. The summed E-state index contributed by atoms with van der Waals surface area (Å²) >= 11 is 0. The second-order valence-corrected chi connectivity index (χ2v) is 5.34. The Morgan fingerprint density at radius 2 is 2.00 bits per heavy atom. The number of rotatable bonds is 2. The van der Waals surface area contributed by atoms with Crippen molar-refractivity contribution >= 4 is 11.8 Å². The fourth-order valence-electron chi connectivity index (χ4n) is 2.55. The molecule has 0 saturated carbocycles. The van der Waals surface area contributed by atoms with Crippen molar-refractivity contribution in [3.8, 4) is 5.75 Å². The topological polar surface area (TPSA) is 60.9 Å². The van der Waals surface area contributed by atoms with Crippen LogP contribution < -0.4 is 0 Å². The van der Waals surface area contributed by atoms with Crippen LogP contribution in [0.3, 0.4) is 0 Å². The number of piperidine rings is 1. The number of likely N-dealkylation sites (tertiary alicyclic amines) is 1. The molecule has 1 aliphatic rings. The first-order chi connectivity index (χ1) is 9.50. The lowest BCUT2D eigenvalue weighted by Crippen LogP contribution is -2.45. The molecular formula is C15H20N2O3. The molecule has 1 saturated heterocycles. The molecule has 2 rings (SSSR count). The number of hydrogen-bond donors (Lipinski definition) is 1. The molecule has 5 heteroatoms. The predicted octanol–water partition coefficient (Wildman–Crippen LogP) is 1.33. The van der Waals surface area contributed by atoms with E-state index in [0.29, 0.717) is 18.7 Å². The quantitative estimate of drug-likeness (QED) is 0.886. The molecule has 1 heterocycles. The van der Waals surface area contributed by atoms with E-state index in [0.717, 1.165) is 12.8 Å². The lowest BCUT2D eigenvalue weighted by molar-refractivity contribution is -0.134. The van der Waals surface area contributed by atoms with Crippen LogP contribution in [0.25, 0.3) is 0 Å². The molecule has 1 N–H and O–H groups in total. The molecule has 0 spiro atoms. The normalized spacial score (nSPS) is 18.7. The molecule has 0 aliphatic carbocycles. The van der Waals surface area contributed by atoms with Crippen LogP contribution >= 0.6 is 0 Å². The number of carbonyl (C=O) groups is 2. The maximum atomic E-state index is 12.4. The largest absolute Gasteiger partial charge is 0.507 e. The highest BCUT2D eigenvalue weighted by molar-refractivity contribution is 5.97. The van der Waals surface area contributed by atoms with Gasteiger partial charge in [-0.3, -0.25) is 9.59 Å². The maximum absolute atomic E-state index is 12.4. The molecule has 5 nitrogen and oxygen atoms in total. The number of aromatic hydroxyl groups is 1. The van der Waals surface area contributed by atoms with Crippen LogP contribution in [0.5, 0.6) is 5.75 Å². The van der Waals surface area contributed by atoms with Crippen molar-refractivity contribution < 1.29 is 14.7 Å². The van der Waals surface area contributed by atoms with Crippen molar-refractivity contribution in [1.82, 2.24) is 9.80 Å². The van der Waals surface area contributed by atoms with Crippen LogP contribution in [-0.4, -0.2) is 53.9 Å². The summed E-state index contributed by atoms with van der Waals surface area (Å²) in [7, 11) is 3.46. The van der Waals surface area contributed by atoms with Gasteiger partial charge in [-0.25, -0.2) is 0 Å². The molecule has 0 radical (unpaired) electrons. The standard InChI is InChI=1S/C15H20N2O3/c1-16(2)14(19)11-6-5-9-17(10-11)15(20)12-7-3-4-8-13(12)18/h3-4,7-8,11,18H,5-6,9-10H2,1-2H3. The van der Waals surface area contributed by atoms with Crippen LogP contribution in [0.1, 0.15) is 23.2 Å². The molecule has 1 fully saturated rings. The minimum atomic E-state index is -0.209. The summed E-state index contributed by atoms with van der Waals surface area (Å²) in [5, 5.41) is 9.75. The van der Waals surface area contributed by atoms with Gasteiger partial charge in [-0.15, -0.1) is 0 Å². The number of nitrogens with zero attached hydrogens (tertiary/aromatic N) is 2. The Hall–Kier alpha value is -2.04. The van der Waals surface area contributed by atoms with Gasteiger partial charge in [0.05, 0.1) is 11.5 Å². The summed E-state index contributed by atoms with van der Waals surface area (Å²) in [5.41, 5.74) is 0.297. The van der Waals surface area contributed by atoms with Gasteiger partial charge in [-0.05, 0) is 25.0 Å². The molecule has 0 bridgehead atoms. The molecular weight excluding hydrogens is 256 g/mol. The van der Waals surface area contributed by atoms with E-state index in [-0.39, 0.29) is 23.5 Å². The number of phenolic OH excluding ortho intramolecular Hbond substituents is 1. The Morgan fingerprint density at radius 1 is 1.30 bits per heavy atom. The Bertz CT molecular complexity index is 514. The fraction of sp³-hybridized carbons (Fsp3) is 0.467. The smallest absolute Gasteiger partial charge is 0.257 e. The maximum Gasteiger partial charge on any atom is 0.257 e. The molecule has 2 amide bonds. The minimum absolute atomic E-state index is 0.0152. The number of carbonyl (C=O) groups excluding carboxylic acids is 2. The number of benzene rings is 1. The summed E-state index contributed by atoms with van der Waals surface area (Å²) < 4.78 is 0. The van der Waals surface area contributed by atoms with Crippen LogP contribution in [0.2, 0.25) is 0 Å². The number of para-hydroxylation sites is 1. The highest BCUT2D eigenvalue weighted by atomic mass is 16.3. The third kappa shape index (κ3) is 2.92. The van der Waals surface area contributed by atoms with E-state index in [4.69, 9.17) is 0 Å². The van der Waals surface area contributed by atoms with Gasteiger partial charge in [0, 0.05) is 27.2 Å². The summed E-state index contributed by atoms with van der Waals surface area (Å²) in [5.74, 6) is -0.314. The lowest BCUT2D eigenvalue weighted by Gasteiger charge is -2.33. The van der Waals surface area contributed by atoms with Gasteiger partial charge in [0.25, 0.3) is 5.91 Å². The molecule has 1 aromatic rings. The molecule has 1 aromatic carbocycles. The molecule has 1 aliphatic heterocycles. The van der Waals surface area contributed by atoms with Gasteiger partial charge < -0.3 is 14.9 Å². The number of amides is 2.